The van der Waals surface area contributed by atoms with Gasteiger partial charge in [0.05, 0.1) is 0 Å². The fraction of sp³-hybridized carbons (Fsp3) is 0.400. The molecular formula is C15H15FO4. The molecule has 1 aromatic carbocycles. The molecule has 106 valence electrons. The molecule has 3 rings (SSSR count). The Morgan fingerprint density at radius 2 is 2.10 bits per heavy atom. The van der Waals surface area contributed by atoms with E-state index in [0.29, 0.717) is 29.6 Å². The Bertz CT molecular complexity index is 634. The molecule has 1 fully saturated rings. The number of alkyl halides is 1. The van der Waals surface area contributed by atoms with E-state index >= 15 is 0 Å². The minimum atomic E-state index is -1.11. The number of hydrogen-bond donors (Lipinski definition) is 1. The number of carboxylic acids is 1. The third kappa shape index (κ3) is 2.48. The molecule has 0 saturated heterocycles. The van der Waals surface area contributed by atoms with Crippen molar-refractivity contribution >= 4 is 16.9 Å². The summed E-state index contributed by atoms with van der Waals surface area (Å²) in [4.78, 5) is 10.8. The molecule has 1 heterocycles. The van der Waals surface area contributed by atoms with Crippen LogP contribution in [0.25, 0.3) is 11.0 Å². The molecule has 1 aromatic heterocycles. The average molecular weight is 278 g/mol. The third-order valence-corrected chi connectivity index (χ3v) is 3.61. The number of furan rings is 1. The van der Waals surface area contributed by atoms with E-state index in [1.165, 1.54) is 6.07 Å². The second-order valence-electron chi connectivity index (χ2n) is 5.07. The van der Waals surface area contributed by atoms with Gasteiger partial charge in [0, 0.05) is 5.39 Å². The Kier molecular flexibility index (Phi) is 3.34. The molecule has 2 atom stereocenters. The maximum absolute atomic E-state index is 13.7. The Morgan fingerprint density at radius 1 is 1.30 bits per heavy atom. The number of halogens is 1. The van der Waals surface area contributed by atoms with Gasteiger partial charge in [0.25, 0.3) is 0 Å². The van der Waals surface area contributed by atoms with Crippen molar-refractivity contribution in [3.05, 3.63) is 30.0 Å². The van der Waals surface area contributed by atoms with Crippen LogP contribution in [0.1, 0.15) is 36.2 Å². The van der Waals surface area contributed by atoms with Crippen LogP contribution < -0.4 is 4.74 Å². The van der Waals surface area contributed by atoms with E-state index in [-0.39, 0.29) is 5.76 Å². The molecule has 0 spiro atoms. The van der Waals surface area contributed by atoms with Crippen molar-refractivity contribution in [2.75, 3.05) is 0 Å². The first-order valence-corrected chi connectivity index (χ1v) is 6.71. The smallest absolute Gasteiger partial charge is 0.371 e. The van der Waals surface area contributed by atoms with Crippen molar-refractivity contribution in [1.29, 1.82) is 0 Å². The first kappa shape index (κ1) is 13.0. The molecule has 0 amide bonds. The zero-order chi connectivity index (χ0) is 14.1. The van der Waals surface area contributed by atoms with Gasteiger partial charge in [-0.25, -0.2) is 9.18 Å². The fourth-order valence-corrected chi connectivity index (χ4v) is 2.56. The highest BCUT2D eigenvalue weighted by Gasteiger charge is 2.26. The van der Waals surface area contributed by atoms with Crippen LogP contribution in [0, 0.1) is 0 Å². The summed E-state index contributed by atoms with van der Waals surface area (Å²) in [6.45, 7) is 0. The Balaban J connectivity index is 1.83. The van der Waals surface area contributed by atoms with E-state index in [4.69, 9.17) is 14.3 Å². The molecule has 0 radical (unpaired) electrons. The summed E-state index contributed by atoms with van der Waals surface area (Å²) in [5.41, 5.74) is 0.482. The molecule has 0 bridgehead atoms. The molecule has 4 nitrogen and oxygen atoms in total. The largest absolute Gasteiger partial charge is 0.487 e. The number of aromatic carboxylic acids is 1. The van der Waals surface area contributed by atoms with Gasteiger partial charge in [-0.1, -0.05) is 6.42 Å². The van der Waals surface area contributed by atoms with E-state index < -0.39 is 18.2 Å². The molecule has 1 saturated carbocycles. The lowest BCUT2D eigenvalue weighted by atomic mass is 9.96. The summed E-state index contributed by atoms with van der Waals surface area (Å²) in [7, 11) is 0. The van der Waals surface area contributed by atoms with Crippen molar-refractivity contribution in [3.63, 3.8) is 0 Å². The summed E-state index contributed by atoms with van der Waals surface area (Å²) in [6, 6.07) is 6.46. The van der Waals surface area contributed by atoms with Crippen LogP contribution in [-0.2, 0) is 0 Å². The monoisotopic (exact) mass is 278 g/mol. The van der Waals surface area contributed by atoms with Crippen LogP contribution in [0.15, 0.2) is 28.7 Å². The number of hydrogen-bond acceptors (Lipinski definition) is 3. The standard InChI is InChI=1S/C15H15FO4/c16-11-3-1-2-4-13(11)19-10-5-6-12-9(7-10)8-14(20-12)15(17)18/h5-8,11,13H,1-4H2,(H,17,18)/t11-,13-/m0/s1. The van der Waals surface area contributed by atoms with Crippen molar-refractivity contribution < 1.29 is 23.4 Å². The van der Waals surface area contributed by atoms with Gasteiger partial charge in [0.15, 0.2) is 0 Å². The van der Waals surface area contributed by atoms with Gasteiger partial charge >= 0.3 is 5.97 Å². The van der Waals surface area contributed by atoms with E-state index in [0.717, 1.165) is 12.8 Å². The predicted octanol–water partition coefficient (Wildman–Crippen LogP) is 3.79. The Hall–Kier alpha value is -2.04. The van der Waals surface area contributed by atoms with Gasteiger partial charge < -0.3 is 14.3 Å². The lowest BCUT2D eigenvalue weighted by Crippen LogP contribution is -2.31. The Morgan fingerprint density at radius 3 is 2.85 bits per heavy atom. The summed E-state index contributed by atoms with van der Waals surface area (Å²) in [5.74, 6) is -0.678. The van der Waals surface area contributed by atoms with Crippen molar-refractivity contribution in [1.82, 2.24) is 0 Å². The van der Waals surface area contributed by atoms with E-state index in [1.807, 2.05) is 0 Å². The van der Waals surface area contributed by atoms with Crippen LogP contribution in [0.3, 0.4) is 0 Å². The van der Waals surface area contributed by atoms with Crippen molar-refractivity contribution in [2.45, 2.75) is 38.0 Å². The highest BCUT2D eigenvalue weighted by atomic mass is 19.1. The molecule has 5 heteroatoms. The van der Waals surface area contributed by atoms with E-state index in [1.54, 1.807) is 18.2 Å². The summed E-state index contributed by atoms with van der Waals surface area (Å²) >= 11 is 0. The molecule has 20 heavy (non-hydrogen) atoms. The van der Waals surface area contributed by atoms with Crippen LogP contribution in [-0.4, -0.2) is 23.4 Å². The normalized spacial score (nSPS) is 22.9. The minimum Gasteiger partial charge on any atom is -0.487 e. The lowest BCUT2D eigenvalue weighted by molar-refractivity contribution is 0.0639. The first-order chi connectivity index (χ1) is 9.63. The maximum Gasteiger partial charge on any atom is 0.371 e. The van der Waals surface area contributed by atoms with Gasteiger partial charge in [0.2, 0.25) is 5.76 Å². The number of rotatable bonds is 3. The Labute approximate surface area is 115 Å². The maximum atomic E-state index is 13.7. The molecule has 2 aromatic rings. The first-order valence-electron chi connectivity index (χ1n) is 6.71. The summed E-state index contributed by atoms with van der Waals surface area (Å²) < 4.78 is 24.6. The van der Waals surface area contributed by atoms with Crippen molar-refractivity contribution in [3.8, 4) is 5.75 Å². The van der Waals surface area contributed by atoms with Gasteiger partial charge in [-0.2, -0.15) is 0 Å². The van der Waals surface area contributed by atoms with Gasteiger partial charge in [-0.05, 0) is 43.5 Å². The fourth-order valence-electron chi connectivity index (χ4n) is 2.56. The number of benzene rings is 1. The van der Waals surface area contributed by atoms with Crippen molar-refractivity contribution in [2.24, 2.45) is 0 Å². The van der Waals surface area contributed by atoms with Crippen LogP contribution >= 0.6 is 0 Å². The molecule has 1 aliphatic rings. The zero-order valence-corrected chi connectivity index (χ0v) is 10.8. The minimum absolute atomic E-state index is 0.113. The van der Waals surface area contributed by atoms with Crippen LogP contribution in [0.2, 0.25) is 0 Å². The predicted molar refractivity (Wildman–Crippen MR) is 71.0 cm³/mol. The molecular weight excluding hydrogens is 263 g/mol. The second-order valence-corrected chi connectivity index (χ2v) is 5.07. The number of ether oxygens (including phenoxy) is 1. The van der Waals surface area contributed by atoms with Gasteiger partial charge in [0.1, 0.15) is 23.6 Å². The zero-order valence-electron chi connectivity index (χ0n) is 10.8. The second kappa shape index (κ2) is 5.15. The van der Waals surface area contributed by atoms with Gasteiger partial charge in [-0.15, -0.1) is 0 Å². The van der Waals surface area contributed by atoms with Gasteiger partial charge in [-0.3, -0.25) is 0 Å². The molecule has 1 aliphatic carbocycles. The summed E-state index contributed by atoms with van der Waals surface area (Å²) in [6.07, 6.45) is 1.80. The number of carboxylic acid groups (broad SMARTS) is 1. The van der Waals surface area contributed by atoms with E-state index in [9.17, 15) is 9.18 Å². The quantitative estimate of drug-likeness (QED) is 0.927. The van der Waals surface area contributed by atoms with Crippen LogP contribution in [0.5, 0.6) is 5.75 Å². The average Bonchev–Trinajstić information content (AvgIpc) is 2.85. The molecule has 0 unspecified atom stereocenters. The third-order valence-electron chi connectivity index (χ3n) is 3.61. The SMILES string of the molecule is O=C(O)c1cc2cc(O[C@H]3CCCC[C@@H]3F)ccc2o1. The summed E-state index contributed by atoms with van der Waals surface area (Å²) in [5, 5.41) is 9.52. The number of carbonyl (C=O) groups is 1. The lowest BCUT2D eigenvalue weighted by Gasteiger charge is -2.26. The highest BCUT2D eigenvalue weighted by Crippen LogP contribution is 2.29. The topological polar surface area (TPSA) is 59.7 Å². The van der Waals surface area contributed by atoms with E-state index in [2.05, 4.69) is 0 Å². The highest BCUT2D eigenvalue weighted by molar-refractivity contribution is 5.91. The number of fused-ring (bicyclic) bond motifs is 1. The van der Waals surface area contributed by atoms with Crippen LogP contribution in [0.4, 0.5) is 4.39 Å². The molecule has 1 N–H and O–H groups in total. The molecule has 0 aliphatic heterocycles.